The Kier molecular flexibility index (Phi) is 3.65. The highest BCUT2D eigenvalue weighted by Gasteiger charge is 2.16. The van der Waals surface area contributed by atoms with E-state index >= 15 is 0 Å². The predicted octanol–water partition coefficient (Wildman–Crippen LogP) is 3.53. The molecule has 0 heterocycles. The van der Waals surface area contributed by atoms with Gasteiger partial charge in [-0.1, -0.05) is 17.7 Å². The number of aryl methyl sites for hydroxylation is 1. The summed E-state index contributed by atoms with van der Waals surface area (Å²) in [6, 6.07) is 3.21. The lowest BCUT2D eigenvalue weighted by Gasteiger charge is -2.04. The van der Waals surface area contributed by atoms with Crippen LogP contribution in [0, 0.1) is 6.92 Å². The van der Waals surface area contributed by atoms with Gasteiger partial charge in [0.15, 0.2) is 0 Å². The van der Waals surface area contributed by atoms with E-state index in [2.05, 4.69) is 15.9 Å². The molecule has 0 aliphatic rings. The predicted molar refractivity (Wildman–Crippen MR) is 65.1 cm³/mol. The SMILES string of the molecule is Cc1ccc(S(=O)(=O)I)c(Br)c1Cl. The number of halogens is 3. The lowest BCUT2D eigenvalue weighted by molar-refractivity contribution is 0.612. The summed E-state index contributed by atoms with van der Waals surface area (Å²) in [4.78, 5) is 0.212. The molecule has 0 aromatic heterocycles. The monoisotopic (exact) mass is 394 g/mol. The van der Waals surface area contributed by atoms with Gasteiger partial charge in [0.25, 0.3) is 0 Å². The summed E-state index contributed by atoms with van der Waals surface area (Å²) in [5, 5.41) is 0.442. The molecule has 0 aliphatic heterocycles. The minimum atomic E-state index is -3.23. The highest BCUT2D eigenvalue weighted by molar-refractivity contribution is 14.2. The summed E-state index contributed by atoms with van der Waals surface area (Å²) in [6.45, 7) is 1.82. The van der Waals surface area contributed by atoms with E-state index in [0.717, 1.165) is 5.56 Å². The maximum Gasteiger partial charge on any atom is 0.232 e. The Morgan fingerprint density at radius 3 is 2.46 bits per heavy atom. The first-order chi connectivity index (χ1) is 5.84. The molecule has 1 aromatic rings. The quantitative estimate of drug-likeness (QED) is 0.539. The summed E-state index contributed by atoms with van der Waals surface area (Å²) in [5.41, 5.74) is 0.845. The Hall–Kier alpha value is 0.670. The Labute approximate surface area is 102 Å². The van der Waals surface area contributed by atoms with Crippen LogP contribution in [0.5, 0.6) is 0 Å². The molecule has 1 rings (SSSR count). The highest BCUT2D eigenvalue weighted by Crippen LogP contribution is 2.34. The van der Waals surface area contributed by atoms with Crippen LogP contribution in [0.15, 0.2) is 21.5 Å². The van der Waals surface area contributed by atoms with Gasteiger partial charge in [0.05, 0.1) is 35.6 Å². The molecule has 6 heteroatoms. The third kappa shape index (κ3) is 2.57. The summed E-state index contributed by atoms with van der Waals surface area (Å²) >= 11 is 10.4. The van der Waals surface area contributed by atoms with E-state index in [4.69, 9.17) is 11.6 Å². The second kappa shape index (κ2) is 4.04. The first-order valence-electron chi connectivity index (χ1n) is 3.23. The van der Waals surface area contributed by atoms with E-state index in [-0.39, 0.29) is 4.90 Å². The maximum atomic E-state index is 11.2. The Morgan fingerprint density at radius 1 is 1.46 bits per heavy atom. The first-order valence-corrected chi connectivity index (χ1v) is 8.43. The van der Waals surface area contributed by atoms with Crippen LogP contribution in [0.3, 0.4) is 0 Å². The summed E-state index contributed by atoms with van der Waals surface area (Å²) in [5.74, 6) is 0. The summed E-state index contributed by atoms with van der Waals surface area (Å²) in [7, 11) is -3.23. The fraction of sp³-hybridized carbons (Fsp3) is 0.143. The largest absolute Gasteiger partial charge is 0.232 e. The Balaban J connectivity index is 3.53. The molecular weight excluding hydrogens is 390 g/mol. The summed E-state index contributed by atoms with van der Waals surface area (Å²) in [6.07, 6.45) is 0. The molecule has 0 bridgehead atoms. The zero-order chi connectivity index (χ0) is 10.2. The second-order valence-corrected chi connectivity index (χ2v) is 8.41. The lowest BCUT2D eigenvalue weighted by atomic mass is 10.2. The topological polar surface area (TPSA) is 34.1 Å². The van der Waals surface area contributed by atoms with Crippen molar-refractivity contribution in [3.05, 3.63) is 27.2 Å². The molecule has 0 radical (unpaired) electrons. The average molecular weight is 395 g/mol. The Bertz CT molecular complexity index is 444. The first kappa shape index (κ1) is 11.7. The van der Waals surface area contributed by atoms with E-state index in [1.165, 1.54) is 27.3 Å². The number of hydrogen-bond acceptors (Lipinski definition) is 2. The van der Waals surface area contributed by atoms with Crippen molar-refractivity contribution in [3.63, 3.8) is 0 Å². The summed E-state index contributed by atoms with van der Waals surface area (Å²) < 4.78 is 22.9. The number of benzene rings is 1. The van der Waals surface area contributed by atoms with E-state index in [1.54, 1.807) is 6.07 Å². The third-order valence-corrected chi connectivity index (χ3v) is 5.59. The van der Waals surface area contributed by atoms with Crippen molar-refractivity contribution < 1.29 is 8.42 Å². The molecule has 0 unspecified atom stereocenters. The molecule has 72 valence electrons. The zero-order valence-electron chi connectivity index (χ0n) is 6.51. The van der Waals surface area contributed by atoms with Crippen molar-refractivity contribution >= 4 is 55.7 Å². The standard InChI is InChI=1S/C7H5BrClIO2S/c1-4-2-3-5(13(10,11)12)6(8)7(4)9/h2-3H,1H3. The van der Waals surface area contributed by atoms with Crippen molar-refractivity contribution in [2.75, 3.05) is 0 Å². The third-order valence-electron chi connectivity index (χ3n) is 1.50. The normalized spacial score (nSPS) is 11.7. The Morgan fingerprint density at radius 2 is 2.00 bits per heavy atom. The van der Waals surface area contributed by atoms with E-state index in [1.807, 2.05) is 6.92 Å². The van der Waals surface area contributed by atoms with Crippen molar-refractivity contribution in [1.29, 1.82) is 0 Å². The van der Waals surface area contributed by atoms with Gasteiger partial charge in [-0.15, -0.1) is 0 Å². The van der Waals surface area contributed by atoms with E-state index in [9.17, 15) is 8.42 Å². The lowest BCUT2D eigenvalue weighted by Crippen LogP contribution is -1.92. The van der Waals surface area contributed by atoms with Crippen LogP contribution < -0.4 is 0 Å². The molecule has 0 atom stereocenters. The van der Waals surface area contributed by atoms with Gasteiger partial charge in [0, 0.05) is 0 Å². The number of rotatable bonds is 1. The van der Waals surface area contributed by atoms with Crippen LogP contribution >= 0.6 is 48.7 Å². The van der Waals surface area contributed by atoms with Crippen molar-refractivity contribution in [1.82, 2.24) is 0 Å². The second-order valence-electron chi connectivity index (χ2n) is 2.45. The van der Waals surface area contributed by atoms with Gasteiger partial charge in [0.2, 0.25) is 7.01 Å². The minimum Gasteiger partial charge on any atom is -0.213 e. The molecule has 0 spiro atoms. The van der Waals surface area contributed by atoms with Crippen molar-refractivity contribution in [3.8, 4) is 0 Å². The molecule has 0 N–H and O–H groups in total. The molecule has 1 aromatic carbocycles. The number of hydrogen-bond donors (Lipinski definition) is 0. The van der Waals surface area contributed by atoms with Gasteiger partial charge in [-0.2, -0.15) is 0 Å². The van der Waals surface area contributed by atoms with Crippen LogP contribution in [-0.4, -0.2) is 8.42 Å². The fourth-order valence-electron chi connectivity index (χ4n) is 0.817. The molecule has 0 amide bonds. The van der Waals surface area contributed by atoms with Crippen LogP contribution in [0.4, 0.5) is 0 Å². The molecular formula is C7H5BrClIO2S. The van der Waals surface area contributed by atoms with E-state index < -0.39 is 7.01 Å². The van der Waals surface area contributed by atoms with Crippen LogP contribution in [0.1, 0.15) is 5.56 Å². The van der Waals surface area contributed by atoms with E-state index in [0.29, 0.717) is 9.50 Å². The molecule has 13 heavy (non-hydrogen) atoms. The van der Waals surface area contributed by atoms with Gasteiger partial charge >= 0.3 is 0 Å². The molecule has 0 saturated heterocycles. The van der Waals surface area contributed by atoms with Crippen LogP contribution in [-0.2, 0) is 7.01 Å². The van der Waals surface area contributed by atoms with Gasteiger partial charge in [-0.3, -0.25) is 0 Å². The average Bonchev–Trinajstić information content (AvgIpc) is 1.98. The zero-order valence-corrected chi connectivity index (χ0v) is 11.8. The maximum absolute atomic E-state index is 11.2. The van der Waals surface area contributed by atoms with Crippen LogP contribution in [0.2, 0.25) is 5.02 Å². The van der Waals surface area contributed by atoms with Crippen molar-refractivity contribution in [2.45, 2.75) is 11.8 Å². The van der Waals surface area contributed by atoms with Gasteiger partial charge < -0.3 is 0 Å². The van der Waals surface area contributed by atoms with Gasteiger partial charge in [-0.05, 0) is 34.5 Å². The van der Waals surface area contributed by atoms with Gasteiger partial charge in [-0.25, -0.2) is 8.42 Å². The van der Waals surface area contributed by atoms with Crippen LogP contribution in [0.25, 0.3) is 0 Å². The minimum absolute atomic E-state index is 0.212. The molecule has 0 fully saturated rings. The smallest absolute Gasteiger partial charge is 0.213 e. The highest BCUT2D eigenvalue weighted by atomic mass is 127. The molecule has 0 saturated carbocycles. The molecule has 2 nitrogen and oxygen atoms in total. The fourth-order valence-corrected chi connectivity index (χ4v) is 4.68. The van der Waals surface area contributed by atoms with Gasteiger partial charge in [0.1, 0.15) is 0 Å². The molecule has 0 aliphatic carbocycles. The van der Waals surface area contributed by atoms with Crippen molar-refractivity contribution in [2.24, 2.45) is 0 Å².